The van der Waals surface area contributed by atoms with Crippen LogP contribution in [-0.4, -0.2) is 24.2 Å². The molecule has 19 heavy (non-hydrogen) atoms. The van der Waals surface area contributed by atoms with Crippen LogP contribution in [0.4, 0.5) is 0 Å². The Morgan fingerprint density at radius 3 is 2.84 bits per heavy atom. The third-order valence-corrected chi connectivity index (χ3v) is 3.02. The number of aryl methyl sites for hydroxylation is 1. The average Bonchev–Trinajstić information content (AvgIpc) is 2.38. The Hall–Kier alpha value is -1.81. The van der Waals surface area contributed by atoms with Crippen molar-refractivity contribution in [2.45, 2.75) is 20.0 Å². The van der Waals surface area contributed by atoms with E-state index in [-0.39, 0.29) is 0 Å². The molecule has 100 valence electrons. The molecule has 2 aromatic rings. The number of esters is 1. The smallest absolute Gasteiger partial charge is 0.346 e. The molecule has 0 N–H and O–H groups in total. The van der Waals surface area contributed by atoms with E-state index in [9.17, 15) is 4.79 Å². The molecule has 0 aliphatic rings. The van der Waals surface area contributed by atoms with Gasteiger partial charge in [0.25, 0.3) is 0 Å². The molecule has 0 amide bonds. The molecule has 0 saturated carbocycles. The summed E-state index contributed by atoms with van der Waals surface area (Å²) in [5, 5.41) is 1.39. The highest BCUT2D eigenvalue weighted by Crippen LogP contribution is 2.29. The van der Waals surface area contributed by atoms with E-state index >= 15 is 0 Å². The van der Waals surface area contributed by atoms with Crippen LogP contribution in [0.5, 0.6) is 5.75 Å². The molecule has 1 unspecified atom stereocenters. The normalized spacial score (nSPS) is 12.2. The van der Waals surface area contributed by atoms with Gasteiger partial charge in [-0.2, -0.15) is 0 Å². The van der Waals surface area contributed by atoms with E-state index in [1.165, 1.54) is 7.11 Å². The Morgan fingerprint density at radius 2 is 2.16 bits per heavy atom. The molecular weight excluding hydrogens is 266 g/mol. The lowest BCUT2D eigenvalue weighted by molar-refractivity contribution is -0.147. The molecule has 0 saturated heterocycles. The summed E-state index contributed by atoms with van der Waals surface area (Å²) in [6, 6.07) is 5.32. The molecule has 1 aromatic carbocycles. The first-order valence-electron chi connectivity index (χ1n) is 5.82. The molecule has 0 fully saturated rings. The number of carbonyl (C=O) groups excluding carboxylic acids is 1. The van der Waals surface area contributed by atoms with Crippen LogP contribution in [-0.2, 0) is 9.53 Å². The van der Waals surface area contributed by atoms with Crippen molar-refractivity contribution in [2.24, 2.45) is 0 Å². The Labute approximate surface area is 116 Å². The third-order valence-electron chi connectivity index (χ3n) is 2.80. The number of pyridine rings is 1. The van der Waals surface area contributed by atoms with Gasteiger partial charge in [-0.15, -0.1) is 0 Å². The monoisotopic (exact) mass is 279 g/mol. The second-order valence-corrected chi connectivity index (χ2v) is 4.65. The van der Waals surface area contributed by atoms with E-state index in [0.29, 0.717) is 10.8 Å². The second-order valence-electron chi connectivity index (χ2n) is 4.21. The van der Waals surface area contributed by atoms with Gasteiger partial charge in [-0.3, -0.25) is 4.98 Å². The fraction of sp³-hybridized carbons (Fsp3) is 0.286. The van der Waals surface area contributed by atoms with Crippen molar-refractivity contribution >= 4 is 28.5 Å². The molecule has 0 aliphatic carbocycles. The lowest BCUT2D eigenvalue weighted by atomic mass is 10.1. The van der Waals surface area contributed by atoms with Crippen molar-refractivity contribution in [3.05, 3.63) is 35.0 Å². The maximum Gasteiger partial charge on any atom is 0.346 e. The van der Waals surface area contributed by atoms with Crippen molar-refractivity contribution in [1.82, 2.24) is 4.98 Å². The van der Waals surface area contributed by atoms with E-state index in [2.05, 4.69) is 9.72 Å². The first kappa shape index (κ1) is 13.6. The Kier molecular flexibility index (Phi) is 3.90. The van der Waals surface area contributed by atoms with Crippen molar-refractivity contribution in [1.29, 1.82) is 0 Å². The zero-order chi connectivity index (χ0) is 14.0. The quantitative estimate of drug-likeness (QED) is 0.810. The van der Waals surface area contributed by atoms with Crippen molar-refractivity contribution in [3.63, 3.8) is 0 Å². The van der Waals surface area contributed by atoms with Crippen LogP contribution in [0.25, 0.3) is 10.9 Å². The first-order valence-corrected chi connectivity index (χ1v) is 6.20. The molecule has 0 bridgehead atoms. The van der Waals surface area contributed by atoms with Gasteiger partial charge in [-0.25, -0.2) is 4.79 Å². The van der Waals surface area contributed by atoms with Gasteiger partial charge in [0.05, 0.1) is 12.6 Å². The predicted octanol–water partition coefficient (Wildman–Crippen LogP) is 3.14. The topological polar surface area (TPSA) is 48.4 Å². The molecular formula is C14H14ClNO3. The van der Waals surface area contributed by atoms with Gasteiger partial charge < -0.3 is 9.47 Å². The average molecular weight is 280 g/mol. The second kappa shape index (κ2) is 5.45. The van der Waals surface area contributed by atoms with Gasteiger partial charge >= 0.3 is 5.97 Å². The van der Waals surface area contributed by atoms with Crippen LogP contribution >= 0.6 is 11.6 Å². The summed E-state index contributed by atoms with van der Waals surface area (Å²) >= 11 is 6.05. The van der Waals surface area contributed by atoms with E-state index in [1.807, 2.05) is 13.0 Å². The van der Waals surface area contributed by atoms with Gasteiger partial charge in [-0.1, -0.05) is 11.6 Å². The maximum atomic E-state index is 11.4. The molecule has 1 heterocycles. The standard InChI is InChI=1S/C14H14ClNO3/c1-8-6-10(15)7-11-12(4-5-16-13(8)11)19-9(2)14(17)18-3/h4-7,9H,1-3H3. The highest BCUT2D eigenvalue weighted by Gasteiger charge is 2.16. The molecule has 0 aliphatic heterocycles. The lowest BCUT2D eigenvalue weighted by Crippen LogP contribution is -2.25. The number of benzene rings is 1. The molecule has 1 aromatic heterocycles. The predicted molar refractivity (Wildman–Crippen MR) is 73.6 cm³/mol. The molecule has 0 spiro atoms. The summed E-state index contributed by atoms with van der Waals surface area (Å²) in [5.74, 6) is 0.136. The number of fused-ring (bicyclic) bond motifs is 1. The summed E-state index contributed by atoms with van der Waals surface area (Å²) in [5.41, 5.74) is 1.76. The number of halogens is 1. The summed E-state index contributed by atoms with van der Waals surface area (Å²) < 4.78 is 10.3. The Balaban J connectivity index is 2.46. The summed E-state index contributed by atoms with van der Waals surface area (Å²) in [6.07, 6.45) is 0.956. The minimum Gasteiger partial charge on any atom is -0.478 e. The van der Waals surface area contributed by atoms with E-state index in [0.717, 1.165) is 16.5 Å². The Morgan fingerprint density at radius 1 is 1.42 bits per heavy atom. The number of aromatic nitrogens is 1. The van der Waals surface area contributed by atoms with Crippen molar-refractivity contribution in [3.8, 4) is 5.75 Å². The number of ether oxygens (including phenoxy) is 2. The largest absolute Gasteiger partial charge is 0.478 e. The molecule has 0 radical (unpaired) electrons. The number of hydrogen-bond donors (Lipinski definition) is 0. The van der Waals surface area contributed by atoms with Crippen LogP contribution in [0, 0.1) is 6.92 Å². The number of hydrogen-bond acceptors (Lipinski definition) is 4. The molecule has 2 rings (SSSR count). The number of methoxy groups -OCH3 is 1. The minimum atomic E-state index is -0.685. The van der Waals surface area contributed by atoms with E-state index < -0.39 is 12.1 Å². The van der Waals surface area contributed by atoms with Crippen molar-refractivity contribution in [2.75, 3.05) is 7.11 Å². The molecule has 4 nitrogen and oxygen atoms in total. The van der Waals surface area contributed by atoms with Gasteiger partial charge in [0.15, 0.2) is 6.10 Å². The number of carbonyl (C=O) groups is 1. The maximum absolute atomic E-state index is 11.4. The van der Waals surface area contributed by atoms with Crippen LogP contribution in [0.15, 0.2) is 24.4 Å². The number of nitrogens with zero attached hydrogens (tertiary/aromatic N) is 1. The first-order chi connectivity index (χ1) is 9.02. The van der Waals surface area contributed by atoms with E-state index in [4.69, 9.17) is 16.3 Å². The van der Waals surface area contributed by atoms with Crippen LogP contribution in [0.3, 0.4) is 0 Å². The number of rotatable bonds is 3. The minimum absolute atomic E-state index is 0.427. The fourth-order valence-electron chi connectivity index (χ4n) is 1.87. The summed E-state index contributed by atoms with van der Waals surface area (Å²) in [7, 11) is 1.33. The fourth-order valence-corrected chi connectivity index (χ4v) is 2.14. The highest BCUT2D eigenvalue weighted by molar-refractivity contribution is 6.31. The van der Waals surface area contributed by atoms with Crippen molar-refractivity contribution < 1.29 is 14.3 Å². The van der Waals surface area contributed by atoms with Crippen LogP contribution < -0.4 is 4.74 Å². The SMILES string of the molecule is COC(=O)C(C)Oc1ccnc2c(C)cc(Cl)cc12. The van der Waals surface area contributed by atoms with Gasteiger partial charge in [0, 0.05) is 16.6 Å². The lowest BCUT2D eigenvalue weighted by Gasteiger charge is -2.14. The van der Waals surface area contributed by atoms with Crippen LogP contribution in [0.2, 0.25) is 5.02 Å². The van der Waals surface area contributed by atoms with E-state index in [1.54, 1.807) is 25.3 Å². The summed E-state index contributed by atoms with van der Waals surface area (Å²) in [4.78, 5) is 15.7. The highest BCUT2D eigenvalue weighted by atomic mass is 35.5. The van der Waals surface area contributed by atoms with Gasteiger partial charge in [0.1, 0.15) is 5.75 Å². The zero-order valence-electron chi connectivity index (χ0n) is 10.9. The summed E-state index contributed by atoms with van der Waals surface area (Å²) in [6.45, 7) is 3.56. The molecule has 1 atom stereocenters. The van der Waals surface area contributed by atoms with Gasteiger partial charge in [0.2, 0.25) is 0 Å². The molecule has 5 heteroatoms. The zero-order valence-corrected chi connectivity index (χ0v) is 11.7. The van der Waals surface area contributed by atoms with Gasteiger partial charge in [-0.05, 0) is 37.6 Å². The third kappa shape index (κ3) is 2.79. The van der Waals surface area contributed by atoms with Crippen LogP contribution in [0.1, 0.15) is 12.5 Å². The Bertz CT molecular complexity index is 627.